The molecule has 2 aliphatic rings. The lowest BCUT2D eigenvalue weighted by Gasteiger charge is -2.22. The molecule has 1 aliphatic carbocycles. The summed E-state index contributed by atoms with van der Waals surface area (Å²) in [7, 11) is 0. The molecule has 8 nitrogen and oxygen atoms in total. The first-order valence-electron chi connectivity index (χ1n) is 10.4. The van der Waals surface area contributed by atoms with Crippen molar-refractivity contribution in [2.75, 3.05) is 6.54 Å². The highest BCUT2D eigenvalue weighted by Gasteiger charge is 2.35. The van der Waals surface area contributed by atoms with Crippen molar-refractivity contribution >= 4 is 11.9 Å². The number of nitrogens with zero attached hydrogens (tertiary/aromatic N) is 3. The van der Waals surface area contributed by atoms with Crippen LogP contribution in [0.1, 0.15) is 61.8 Å². The van der Waals surface area contributed by atoms with E-state index in [1.807, 2.05) is 23.1 Å². The van der Waals surface area contributed by atoms with Gasteiger partial charge in [-0.15, -0.1) is 0 Å². The average Bonchev–Trinajstić information content (AvgIpc) is 3.47. The van der Waals surface area contributed by atoms with Gasteiger partial charge >= 0.3 is 6.03 Å². The lowest BCUT2D eigenvalue weighted by Crippen LogP contribution is -2.40. The van der Waals surface area contributed by atoms with E-state index in [9.17, 15) is 9.59 Å². The Balaban J connectivity index is 1.31. The quantitative estimate of drug-likeness (QED) is 0.748. The molecule has 1 atom stereocenters. The van der Waals surface area contributed by atoms with Crippen molar-refractivity contribution in [3.05, 3.63) is 47.6 Å². The predicted molar refractivity (Wildman–Crippen MR) is 106 cm³/mol. The van der Waals surface area contributed by atoms with E-state index in [1.165, 1.54) is 18.4 Å². The summed E-state index contributed by atoms with van der Waals surface area (Å²) in [5.74, 6) is 0.973. The summed E-state index contributed by atoms with van der Waals surface area (Å²) in [5.41, 5.74) is 1.19. The number of rotatable bonds is 7. The summed E-state index contributed by atoms with van der Waals surface area (Å²) in [6, 6.07) is 9.96. The van der Waals surface area contributed by atoms with E-state index in [1.54, 1.807) is 0 Å². The highest BCUT2D eigenvalue weighted by atomic mass is 16.5. The molecule has 154 valence electrons. The van der Waals surface area contributed by atoms with Crippen LogP contribution in [0.25, 0.3) is 0 Å². The van der Waals surface area contributed by atoms with Crippen LogP contribution in [-0.4, -0.2) is 39.6 Å². The second-order valence-corrected chi connectivity index (χ2v) is 7.73. The highest BCUT2D eigenvalue weighted by molar-refractivity contribution is 5.78. The van der Waals surface area contributed by atoms with Gasteiger partial charge in [0.15, 0.2) is 5.82 Å². The standard InChI is InChI=1S/C21H27N5O3/c27-19-11-10-17(26(19)13-12-15-6-2-1-3-7-15)20-24-18(25-29-20)14-22-21(28)23-16-8-4-5-9-16/h1-3,6-7,16-17H,4-5,8-14H2,(H2,22,23,28)/t17-/m0/s1. The maximum Gasteiger partial charge on any atom is 0.315 e. The molecular weight excluding hydrogens is 370 g/mol. The zero-order valence-corrected chi connectivity index (χ0v) is 16.5. The number of benzene rings is 1. The van der Waals surface area contributed by atoms with Crippen molar-refractivity contribution in [2.24, 2.45) is 0 Å². The third-order valence-corrected chi connectivity index (χ3v) is 5.68. The van der Waals surface area contributed by atoms with Crippen LogP contribution < -0.4 is 10.6 Å². The Morgan fingerprint density at radius 3 is 2.76 bits per heavy atom. The van der Waals surface area contributed by atoms with Gasteiger partial charge < -0.3 is 20.1 Å². The molecule has 4 rings (SSSR count). The topological polar surface area (TPSA) is 100 Å². The van der Waals surface area contributed by atoms with Crippen LogP contribution in [0.2, 0.25) is 0 Å². The smallest absolute Gasteiger partial charge is 0.315 e. The van der Waals surface area contributed by atoms with E-state index in [4.69, 9.17) is 4.52 Å². The minimum Gasteiger partial charge on any atom is -0.337 e. The van der Waals surface area contributed by atoms with Crippen LogP contribution in [0.5, 0.6) is 0 Å². The Labute approximate surface area is 170 Å². The molecule has 0 spiro atoms. The number of hydrogen-bond donors (Lipinski definition) is 2. The molecule has 1 aromatic heterocycles. The van der Waals surface area contributed by atoms with Crippen LogP contribution in [0.3, 0.4) is 0 Å². The number of carbonyl (C=O) groups is 2. The molecule has 0 bridgehead atoms. The second-order valence-electron chi connectivity index (χ2n) is 7.73. The fraction of sp³-hybridized carbons (Fsp3) is 0.524. The van der Waals surface area contributed by atoms with Gasteiger partial charge in [0, 0.05) is 19.0 Å². The lowest BCUT2D eigenvalue weighted by molar-refractivity contribution is -0.129. The Bertz CT molecular complexity index is 832. The van der Waals surface area contributed by atoms with Crippen LogP contribution >= 0.6 is 0 Å². The summed E-state index contributed by atoms with van der Waals surface area (Å²) >= 11 is 0. The SMILES string of the molecule is O=C(NCc1noc([C@@H]2CCC(=O)N2CCc2ccccc2)n1)NC1CCCC1. The molecule has 29 heavy (non-hydrogen) atoms. The first kappa shape index (κ1) is 19.4. The molecule has 2 heterocycles. The van der Waals surface area contributed by atoms with Gasteiger partial charge in [-0.3, -0.25) is 4.79 Å². The van der Waals surface area contributed by atoms with Crippen LogP contribution in [0.4, 0.5) is 4.79 Å². The molecule has 8 heteroatoms. The second kappa shape index (κ2) is 9.07. The maximum atomic E-state index is 12.3. The van der Waals surface area contributed by atoms with Crippen molar-refractivity contribution in [3.63, 3.8) is 0 Å². The van der Waals surface area contributed by atoms with Crippen molar-refractivity contribution in [1.82, 2.24) is 25.7 Å². The summed E-state index contributed by atoms with van der Waals surface area (Å²) in [6.07, 6.45) is 6.35. The molecule has 2 N–H and O–H groups in total. The van der Waals surface area contributed by atoms with Gasteiger partial charge in [0.05, 0.1) is 6.54 Å². The summed E-state index contributed by atoms with van der Waals surface area (Å²) in [5, 5.41) is 9.72. The van der Waals surface area contributed by atoms with E-state index in [0.717, 1.165) is 19.3 Å². The van der Waals surface area contributed by atoms with Crippen molar-refractivity contribution in [2.45, 2.75) is 63.6 Å². The van der Waals surface area contributed by atoms with Crippen molar-refractivity contribution < 1.29 is 14.1 Å². The van der Waals surface area contributed by atoms with Crippen molar-refractivity contribution in [1.29, 1.82) is 0 Å². The molecule has 1 saturated heterocycles. The van der Waals surface area contributed by atoms with E-state index >= 15 is 0 Å². The van der Waals surface area contributed by atoms with Gasteiger partial charge in [0.2, 0.25) is 11.8 Å². The summed E-state index contributed by atoms with van der Waals surface area (Å²) in [6.45, 7) is 0.819. The number of carbonyl (C=O) groups excluding carboxylic acids is 2. The number of amides is 3. The Kier molecular flexibility index (Phi) is 6.07. The number of urea groups is 1. The van der Waals surface area contributed by atoms with Crippen LogP contribution in [-0.2, 0) is 17.8 Å². The maximum absolute atomic E-state index is 12.3. The molecule has 1 saturated carbocycles. The fourth-order valence-electron chi connectivity index (χ4n) is 4.11. The third kappa shape index (κ3) is 4.93. The Hall–Kier alpha value is -2.90. The van der Waals surface area contributed by atoms with Crippen LogP contribution in [0, 0.1) is 0 Å². The summed E-state index contributed by atoms with van der Waals surface area (Å²) in [4.78, 5) is 30.6. The van der Waals surface area contributed by atoms with Crippen LogP contribution in [0.15, 0.2) is 34.9 Å². The summed E-state index contributed by atoms with van der Waals surface area (Å²) < 4.78 is 5.42. The molecule has 0 unspecified atom stereocenters. The normalized spacial score (nSPS) is 19.7. The van der Waals surface area contributed by atoms with Gasteiger partial charge in [0.1, 0.15) is 6.04 Å². The molecule has 3 amide bonds. The molecule has 2 fully saturated rings. The number of likely N-dealkylation sites (tertiary alicyclic amines) is 1. The van der Waals surface area contributed by atoms with Gasteiger partial charge in [-0.2, -0.15) is 4.98 Å². The van der Waals surface area contributed by atoms with E-state index < -0.39 is 0 Å². The third-order valence-electron chi connectivity index (χ3n) is 5.68. The van der Waals surface area contributed by atoms with Gasteiger partial charge in [-0.1, -0.05) is 48.3 Å². The molecule has 1 aliphatic heterocycles. The molecule has 0 radical (unpaired) electrons. The highest BCUT2D eigenvalue weighted by Crippen LogP contribution is 2.31. The largest absolute Gasteiger partial charge is 0.337 e. The monoisotopic (exact) mass is 397 g/mol. The zero-order chi connectivity index (χ0) is 20.1. The van der Waals surface area contributed by atoms with Gasteiger partial charge in [0.25, 0.3) is 0 Å². The average molecular weight is 397 g/mol. The van der Waals surface area contributed by atoms with Gasteiger partial charge in [-0.05, 0) is 31.2 Å². The molecular formula is C21H27N5O3. The number of hydrogen-bond acceptors (Lipinski definition) is 5. The predicted octanol–water partition coefficient (Wildman–Crippen LogP) is 2.72. The van der Waals surface area contributed by atoms with E-state index in [2.05, 4.69) is 32.9 Å². The fourth-order valence-corrected chi connectivity index (χ4v) is 4.11. The minimum absolute atomic E-state index is 0.111. The first-order valence-corrected chi connectivity index (χ1v) is 10.4. The number of aromatic nitrogens is 2. The van der Waals surface area contributed by atoms with Crippen molar-refractivity contribution in [3.8, 4) is 0 Å². The lowest BCUT2D eigenvalue weighted by atomic mass is 10.1. The molecule has 1 aromatic carbocycles. The molecule has 2 aromatic rings. The zero-order valence-electron chi connectivity index (χ0n) is 16.5. The van der Waals surface area contributed by atoms with Gasteiger partial charge in [-0.25, -0.2) is 4.79 Å². The number of nitrogens with one attached hydrogen (secondary N) is 2. The van der Waals surface area contributed by atoms with E-state index in [-0.39, 0.29) is 30.6 Å². The minimum atomic E-state index is -0.205. The first-order chi connectivity index (χ1) is 14.2. The van der Waals surface area contributed by atoms with E-state index in [0.29, 0.717) is 31.1 Å². The Morgan fingerprint density at radius 2 is 1.97 bits per heavy atom. The Morgan fingerprint density at radius 1 is 1.17 bits per heavy atom.